The third-order valence-corrected chi connectivity index (χ3v) is 8.72. The molecule has 0 bridgehead atoms. The molecule has 1 atom stereocenters. The molecular formula is C24H29FN4O3S. The third-order valence-electron chi connectivity index (χ3n) is 6.69. The Labute approximate surface area is 194 Å². The van der Waals surface area contributed by atoms with Gasteiger partial charge in [-0.15, -0.1) is 0 Å². The molecule has 7 nitrogen and oxygen atoms in total. The number of hydrogen-bond acceptors (Lipinski definition) is 5. The number of nitrogens with zero attached hydrogens (tertiary/aromatic N) is 4. The van der Waals surface area contributed by atoms with Crippen LogP contribution in [0.15, 0.2) is 30.5 Å². The van der Waals surface area contributed by atoms with Gasteiger partial charge in [0.1, 0.15) is 11.6 Å². The molecule has 2 saturated heterocycles. The molecule has 1 aromatic heterocycles. The summed E-state index contributed by atoms with van der Waals surface area (Å²) in [5.41, 5.74) is 2.70. The van der Waals surface area contributed by atoms with Crippen LogP contribution >= 0.6 is 0 Å². The molecule has 0 radical (unpaired) electrons. The number of aromatic nitrogens is 1. The van der Waals surface area contributed by atoms with Crippen LogP contribution < -0.4 is 9.21 Å². The number of rotatable bonds is 4. The summed E-state index contributed by atoms with van der Waals surface area (Å²) in [7, 11) is -3.44. The Kier molecular flexibility index (Phi) is 5.55. The van der Waals surface area contributed by atoms with Gasteiger partial charge in [-0.05, 0) is 60.9 Å². The van der Waals surface area contributed by atoms with Crippen molar-refractivity contribution in [1.82, 2.24) is 9.88 Å². The number of hydrogen-bond donors (Lipinski definition) is 0. The van der Waals surface area contributed by atoms with Gasteiger partial charge in [-0.3, -0.25) is 9.10 Å². The Morgan fingerprint density at radius 1 is 1.12 bits per heavy atom. The number of benzene rings is 1. The normalized spacial score (nSPS) is 22.6. The van der Waals surface area contributed by atoms with E-state index in [1.807, 2.05) is 13.1 Å². The lowest BCUT2D eigenvalue weighted by atomic mass is 10.1. The van der Waals surface area contributed by atoms with Crippen molar-refractivity contribution in [2.24, 2.45) is 5.92 Å². The summed E-state index contributed by atoms with van der Waals surface area (Å²) in [4.78, 5) is 21.6. The second-order valence-corrected chi connectivity index (χ2v) is 11.5. The zero-order chi connectivity index (χ0) is 23.3. The monoisotopic (exact) mass is 472 g/mol. The topological polar surface area (TPSA) is 73.8 Å². The number of carbonyl (C=O) groups is 1. The molecule has 33 heavy (non-hydrogen) atoms. The highest BCUT2D eigenvalue weighted by atomic mass is 32.2. The van der Waals surface area contributed by atoms with Crippen LogP contribution in [0.3, 0.4) is 0 Å². The highest BCUT2D eigenvalue weighted by Gasteiger charge is 2.35. The van der Waals surface area contributed by atoms with E-state index in [2.05, 4.69) is 22.9 Å². The van der Waals surface area contributed by atoms with Crippen LogP contribution in [0.2, 0.25) is 0 Å². The minimum absolute atomic E-state index is 0.0147. The molecule has 2 aromatic rings. The van der Waals surface area contributed by atoms with E-state index in [-0.39, 0.29) is 28.8 Å². The number of pyridine rings is 1. The molecule has 1 saturated carbocycles. The molecule has 1 amide bonds. The third kappa shape index (κ3) is 4.30. The maximum atomic E-state index is 14.9. The molecular weight excluding hydrogens is 443 g/mol. The highest BCUT2D eigenvalue weighted by Crippen LogP contribution is 2.44. The van der Waals surface area contributed by atoms with E-state index >= 15 is 0 Å². The molecule has 176 valence electrons. The number of sulfonamides is 1. The summed E-state index contributed by atoms with van der Waals surface area (Å²) >= 11 is 0. The standard InChI is InChI=1S/C24H29FN4O3S/c1-16-11-21(18-3-4-18)23(26-13-16)27-7-9-28(10-8-27)24(30)20-6-5-19(12-22(20)25)29-14-17(2)15-33(29,31)32/h5-6,11-13,17-18H,3-4,7-10,14-15H2,1-2H3/t17-/m0/s1. The van der Waals surface area contributed by atoms with E-state index in [9.17, 15) is 17.6 Å². The van der Waals surface area contributed by atoms with Crippen molar-refractivity contribution >= 4 is 27.4 Å². The Morgan fingerprint density at radius 3 is 2.45 bits per heavy atom. The van der Waals surface area contributed by atoms with Crippen molar-refractivity contribution in [2.45, 2.75) is 32.6 Å². The first-order valence-electron chi connectivity index (χ1n) is 11.5. The number of carbonyl (C=O) groups excluding carboxylic acids is 1. The lowest BCUT2D eigenvalue weighted by Crippen LogP contribution is -2.49. The smallest absolute Gasteiger partial charge is 0.256 e. The molecule has 9 heteroatoms. The number of aryl methyl sites for hydroxylation is 1. The van der Waals surface area contributed by atoms with E-state index in [0.717, 1.165) is 17.4 Å². The minimum atomic E-state index is -3.44. The second-order valence-electron chi connectivity index (χ2n) is 9.56. The minimum Gasteiger partial charge on any atom is -0.353 e. The first-order chi connectivity index (χ1) is 15.7. The number of piperazine rings is 1. The average Bonchev–Trinajstić information content (AvgIpc) is 3.58. The van der Waals surface area contributed by atoms with E-state index in [1.165, 1.54) is 34.8 Å². The Balaban J connectivity index is 1.28. The molecule has 5 rings (SSSR count). The van der Waals surface area contributed by atoms with Gasteiger partial charge in [0.25, 0.3) is 5.91 Å². The predicted molar refractivity (Wildman–Crippen MR) is 126 cm³/mol. The van der Waals surface area contributed by atoms with Gasteiger partial charge in [0.05, 0.1) is 17.0 Å². The van der Waals surface area contributed by atoms with Crippen molar-refractivity contribution in [2.75, 3.05) is 47.7 Å². The van der Waals surface area contributed by atoms with E-state index in [0.29, 0.717) is 38.6 Å². The van der Waals surface area contributed by atoms with Crippen molar-refractivity contribution in [1.29, 1.82) is 0 Å². The molecule has 0 N–H and O–H groups in total. The van der Waals surface area contributed by atoms with E-state index < -0.39 is 15.8 Å². The van der Waals surface area contributed by atoms with E-state index in [1.54, 1.807) is 4.90 Å². The fourth-order valence-corrected chi connectivity index (χ4v) is 6.75. The molecule has 2 aliphatic heterocycles. The first kappa shape index (κ1) is 22.1. The summed E-state index contributed by atoms with van der Waals surface area (Å²) in [5.74, 6) is 0.576. The van der Waals surface area contributed by atoms with Gasteiger partial charge in [-0.2, -0.15) is 0 Å². The molecule has 3 aliphatic rings. The molecule has 3 heterocycles. The van der Waals surface area contributed by atoms with Crippen LogP contribution in [0.4, 0.5) is 15.9 Å². The Bertz CT molecular complexity index is 1190. The fraction of sp³-hybridized carbons (Fsp3) is 0.500. The highest BCUT2D eigenvalue weighted by molar-refractivity contribution is 7.93. The molecule has 0 unspecified atom stereocenters. The van der Waals surface area contributed by atoms with Crippen LogP contribution in [-0.4, -0.2) is 62.7 Å². The maximum Gasteiger partial charge on any atom is 0.256 e. The number of halogens is 1. The van der Waals surface area contributed by atoms with Crippen LogP contribution in [0.5, 0.6) is 0 Å². The van der Waals surface area contributed by atoms with Crippen LogP contribution in [0.1, 0.15) is 47.2 Å². The average molecular weight is 473 g/mol. The summed E-state index contributed by atoms with van der Waals surface area (Å²) in [6.07, 6.45) is 4.28. The molecule has 0 spiro atoms. The quantitative estimate of drug-likeness (QED) is 0.684. The summed E-state index contributed by atoms with van der Waals surface area (Å²) < 4.78 is 40.7. The van der Waals surface area contributed by atoms with Crippen LogP contribution in [0.25, 0.3) is 0 Å². The van der Waals surface area contributed by atoms with Gasteiger partial charge in [-0.1, -0.05) is 13.0 Å². The second kappa shape index (κ2) is 8.27. The number of amides is 1. The zero-order valence-electron chi connectivity index (χ0n) is 19.0. The van der Waals surface area contributed by atoms with Gasteiger partial charge in [0.15, 0.2) is 0 Å². The maximum absolute atomic E-state index is 14.9. The lowest BCUT2D eigenvalue weighted by molar-refractivity contribution is 0.0742. The van der Waals surface area contributed by atoms with Gasteiger partial charge in [0.2, 0.25) is 10.0 Å². The zero-order valence-corrected chi connectivity index (χ0v) is 19.8. The largest absolute Gasteiger partial charge is 0.353 e. The lowest BCUT2D eigenvalue weighted by Gasteiger charge is -2.36. The van der Waals surface area contributed by atoms with Gasteiger partial charge < -0.3 is 9.80 Å². The van der Waals surface area contributed by atoms with Crippen molar-refractivity contribution < 1.29 is 17.6 Å². The predicted octanol–water partition coefficient (Wildman–Crippen LogP) is 3.15. The Morgan fingerprint density at radius 2 is 1.85 bits per heavy atom. The van der Waals surface area contributed by atoms with E-state index in [4.69, 9.17) is 0 Å². The SMILES string of the molecule is Cc1cnc(N2CCN(C(=O)c3ccc(N4C[C@H](C)CS4(=O)=O)cc3F)CC2)c(C2CC2)c1. The van der Waals surface area contributed by atoms with Crippen molar-refractivity contribution in [3.05, 3.63) is 53.0 Å². The summed E-state index contributed by atoms with van der Waals surface area (Å²) in [6, 6.07) is 6.32. The van der Waals surface area contributed by atoms with Crippen LogP contribution in [0, 0.1) is 18.7 Å². The summed E-state index contributed by atoms with van der Waals surface area (Å²) in [5, 5.41) is 0. The fourth-order valence-electron chi connectivity index (χ4n) is 4.83. The Hall–Kier alpha value is -2.68. The van der Waals surface area contributed by atoms with Crippen molar-refractivity contribution in [3.8, 4) is 0 Å². The van der Waals surface area contributed by atoms with Gasteiger partial charge in [-0.25, -0.2) is 17.8 Å². The number of anilines is 2. The van der Waals surface area contributed by atoms with Crippen molar-refractivity contribution in [3.63, 3.8) is 0 Å². The molecule has 3 fully saturated rings. The van der Waals surface area contributed by atoms with Gasteiger partial charge in [0, 0.05) is 38.9 Å². The molecule has 1 aromatic carbocycles. The summed E-state index contributed by atoms with van der Waals surface area (Å²) in [6.45, 7) is 6.49. The van der Waals surface area contributed by atoms with Gasteiger partial charge >= 0.3 is 0 Å². The van der Waals surface area contributed by atoms with Crippen LogP contribution in [-0.2, 0) is 10.0 Å². The first-order valence-corrected chi connectivity index (χ1v) is 13.1. The molecule has 1 aliphatic carbocycles.